The Bertz CT molecular complexity index is 686. The Kier molecular flexibility index (Phi) is 7.18. The van der Waals surface area contributed by atoms with Crippen LogP contribution in [0.4, 0.5) is 0 Å². The monoisotopic (exact) mass is 372 g/mol. The Hall–Kier alpha value is -1.68. The summed E-state index contributed by atoms with van der Waals surface area (Å²) in [5.74, 6) is -0.0582. The molecule has 1 aliphatic heterocycles. The van der Waals surface area contributed by atoms with Gasteiger partial charge in [-0.3, -0.25) is 4.79 Å². The third kappa shape index (κ3) is 4.91. The van der Waals surface area contributed by atoms with E-state index in [1.54, 1.807) is 7.11 Å². The molecular weight excluding hydrogens is 348 g/mol. The summed E-state index contributed by atoms with van der Waals surface area (Å²) in [4.78, 5) is 12.4. The van der Waals surface area contributed by atoms with Crippen molar-refractivity contribution < 1.29 is 27.4 Å². The molecule has 0 atom stereocenters. The molecule has 0 radical (unpaired) electrons. The summed E-state index contributed by atoms with van der Waals surface area (Å²) in [6.45, 7) is 2.28. The number of sulfonamides is 1. The Morgan fingerprint density at radius 1 is 1.28 bits per heavy atom. The molecule has 25 heavy (non-hydrogen) atoms. The number of benzene rings is 1. The fourth-order valence-electron chi connectivity index (χ4n) is 2.47. The van der Waals surface area contributed by atoms with E-state index in [1.807, 2.05) is 0 Å². The van der Waals surface area contributed by atoms with E-state index in [0.29, 0.717) is 51.6 Å². The number of carbonyl (C=O) groups excluding carboxylic acids is 1. The Balaban J connectivity index is 2.22. The number of nitrogens with one attached hydrogen (secondary N) is 1. The van der Waals surface area contributed by atoms with E-state index >= 15 is 0 Å². The van der Waals surface area contributed by atoms with Gasteiger partial charge < -0.3 is 19.5 Å². The molecule has 1 amide bonds. The second-order valence-electron chi connectivity index (χ2n) is 5.48. The second-order valence-corrected chi connectivity index (χ2v) is 7.42. The van der Waals surface area contributed by atoms with Gasteiger partial charge >= 0.3 is 0 Å². The minimum absolute atomic E-state index is 0.0669. The number of methoxy groups -OCH3 is 2. The first kappa shape index (κ1) is 19.6. The smallest absolute Gasteiger partial charge is 0.255 e. The molecule has 0 aromatic heterocycles. The number of morpholine rings is 1. The van der Waals surface area contributed by atoms with Crippen LogP contribution in [0.2, 0.25) is 0 Å². The van der Waals surface area contributed by atoms with Crippen molar-refractivity contribution in [1.29, 1.82) is 0 Å². The quantitative estimate of drug-likeness (QED) is 0.667. The summed E-state index contributed by atoms with van der Waals surface area (Å²) < 4.78 is 42.2. The third-order valence-corrected chi connectivity index (χ3v) is 5.73. The van der Waals surface area contributed by atoms with Gasteiger partial charge in [0.05, 0.1) is 30.8 Å². The molecule has 0 aliphatic carbocycles. The fourth-order valence-corrected chi connectivity index (χ4v) is 3.91. The van der Waals surface area contributed by atoms with E-state index in [-0.39, 0.29) is 16.4 Å². The zero-order valence-electron chi connectivity index (χ0n) is 14.5. The molecular formula is C16H24N2O6S. The molecule has 0 unspecified atom stereocenters. The average molecular weight is 372 g/mol. The molecule has 8 nitrogen and oxygen atoms in total. The van der Waals surface area contributed by atoms with Crippen molar-refractivity contribution in [2.75, 3.05) is 53.7 Å². The maximum atomic E-state index is 12.7. The molecule has 1 heterocycles. The summed E-state index contributed by atoms with van der Waals surface area (Å²) in [5.41, 5.74) is 0.189. The largest absolute Gasteiger partial charge is 0.496 e. The first-order valence-corrected chi connectivity index (χ1v) is 9.47. The number of hydrogen-bond acceptors (Lipinski definition) is 6. The number of amides is 1. The number of nitrogens with zero attached hydrogens (tertiary/aromatic N) is 1. The van der Waals surface area contributed by atoms with Crippen molar-refractivity contribution in [3.05, 3.63) is 23.8 Å². The zero-order chi connectivity index (χ0) is 18.3. The lowest BCUT2D eigenvalue weighted by Gasteiger charge is -2.26. The van der Waals surface area contributed by atoms with Crippen molar-refractivity contribution in [1.82, 2.24) is 9.62 Å². The highest BCUT2D eigenvalue weighted by Gasteiger charge is 2.27. The number of carbonyl (C=O) groups is 1. The van der Waals surface area contributed by atoms with Gasteiger partial charge in [0.15, 0.2) is 0 Å². The van der Waals surface area contributed by atoms with E-state index < -0.39 is 10.0 Å². The van der Waals surface area contributed by atoms with Crippen LogP contribution < -0.4 is 10.1 Å². The van der Waals surface area contributed by atoms with Crippen LogP contribution in [0.5, 0.6) is 5.75 Å². The summed E-state index contributed by atoms with van der Waals surface area (Å²) in [6.07, 6.45) is 0.663. The van der Waals surface area contributed by atoms with Crippen molar-refractivity contribution in [3.63, 3.8) is 0 Å². The predicted molar refractivity (Wildman–Crippen MR) is 91.4 cm³/mol. The lowest BCUT2D eigenvalue weighted by atomic mass is 10.2. The van der Waals surface area contributed by atoms with E-state index in [4.69, 9.17) is 14.2 Å². The first-order chi connectivity index (χ1) is 12.0. The van der Waals surface area contributed by atoms with Crippen LogP contribution in [0.25, 0.3) is 0 Å². The average Bonchev–Trinajstić information content (AvgIpc) is 2.65. The van der Waals surface area contributed by atoms with Crippen LogP contribution in [0.1, 0.15) is 16.8 Å². The van der Waals surface area contributed by atoms with E-state index in [1.165, 1.54) is 29.6 Å². The fraction of sp³-hybridized carbons (Fsp3) is 0.562. The highest BCUT2D eigenvalue weighted by atomic mass is 32.2. The maximum Gasteiger partial charge on any atom is 0.255 e. The molecule has 1 saturated heterocycles. The highest BCUT2D eigenvalue weighted by molar-refractivity contribution is 7.89. The van der Waals surface area contributed by atoms with Gasteiger partial charge in [-0.1, -0.05) is 0 Å². The molecule has 9 heteroatoms. The third-order valence-electron chi connectivity index (χ3n) is 3.83. The Labute approximate surface area is 148 Å². The van der Waals surface area contributed by atoms with Crippen LogP contribution >= 0.6 is 0 Å². The topological polar surface area (TPSA) is 94.2 Å². The lowest BCUT2D eigenvalue weighted by molar-refractivity contribution is 0.0730. The van der Waals surface area contributed by atoms with Crippen molar-refractivity contribution in [2.24, 2.45) is 0 Å². The van der Waals surface area contributed by atoms with Gasteiger partial charge in [0.25, 0.3) is 5.91 Å². The van der Waals surface area contributed by atoms with Crippen molar-refractivity contribution in [2.45, 2.75) is 11.3 Å². The van der Waals surface area contributed by atoms with Crippen molar-refractivity contribution in [3.8, 4) is 5.75 Å². The summed E-state index contributed by atoms with van der Waals surface area (Å²) in [5, 5.41) is 2.74. The van der Waals surface area contributed by atoms with Gasteiger partial charge in [0.2, 0.25) is 10.0 Å². The molecule has 1 aromatic rings. The zero-order valence-corrected chi connectivity index (χ0v) is 15.3. The molecule has 1 aromatic carbocycles. The van der Waals surface area contributed by atoms with Crippen molar-refractivity contribution >= 4 is 15.9 Å². The first-order valence-electron chi connectivity index (χ1n) is 8.03. The maximum absolute atomic E-state index is 12.7. The van der Waals surface area contributed by atoms with Gasteiger partial charge in [-0.2, -0.15) is 4.31 Å². The van der Waals surface area contributed by atoms with Gasteiger partial charge in [-0.05, 0) is 24.6 Å². The van der Waals surface area contributed by atoms with Crippen LogP contribution in [-0.4, -0.2) is 72.3 Å². The van der Waals surface area contributed by atoms with Gasteiger partial charge in [-0.25, -0.2) is 8.42 Å². The number of rotatable bonds is 8. The normalized spacial score (nSPS) is 15.8. The van der Waals surface area contributed by atoms with E-state index in [2.05, 4.69) is 5.32 Å². The minimum Gasteiger partial charge on any atom is -0.496 e. The van der Waals surface area contributed by atoms with Crippen LogP contribution in [-0.2, 0) is 19.5 Å². The molecule has 2 rings (SSSR count). The molecule has 0 saturated carbocycles. The van der Waals surface area contributed by atoms with Crippen LogP contribution in [0.15, 0.2) is 23.1 Å². The molecule has 1 aliphatic rings. The SMILES string of the molecule is COCCCNC(=O)c1cc(S(=O)(=O)N2CCOCC2)ccc1OC. The van der Waals surface area contributed by atoms with E-state index in [9.17, 15) is 13.2 Å². The standard InChI is InChI=1S/C16H24N2O6S/c1-22-9-3-6-17-16(19)14-12-13(4-5-15(14)23-2)25(20,21)18-7-10-24-11-8-18/h4-5,12H,3,6-11H2,1-2H3,(H,17,19). The predicted octanol–water partition coefficient (Wildman–Crippen LogP) is 0.482. The van der Waals surface area contributed by atoms with Crippen LogP contribution in [0.3, 0.4) is 0 Å². The van der Waals surface area contributed by atoms with Crippen LogP contribution in [0, 0.1) is 0 Å². The van der Waals surface area contributed by atoms with Gasteiger partial charge in [-0.15, -0.1) is 0 Å². The molecule has 0 bridgehead atoms. The number of hydrogen-bond donors (Lipinski definition) is 1. The molecule has 0 spiro atoms. The van der Waals surface area contributed by atoms with E-state index in [0.717, 1.165) is 0 Å². The molecule has 1 fully saturated rings. The number of ether oxygens (including phenoxy) is 3. The minimum atomic E-state index is -3.67. The summed E-state index contributed by atoms with van der Waals surface area (Å²) >= 11 is 0. The van der Waals surface area contributed by atoms with Gasteiger partial charge in [0, 0.05) is 33.4 Å². The summed E-state index contributed by atoms with van der Waals surface area (Å²) in [7, 11) is -0.649. The molecule has 1 N–H and O–H groups in total. The molecule has 140 valence electrons. The highest BCUT2D eigenvalue weighted by Crippen LogP contribution is 2.25. The lowest BCUT2D eigenvalue weighted by Crippen LogP contribution is -2.40. The Morgan fingerprint density at radius 2 is 2.00 bits per heavy atom. The summed E-state index contributed by atoms with van der Waals surface area (Å²) in [6, 6.07) is 4.30. The second kappa shape index (κ2) is 9.14. The van der Waals surface area contributed by atoms with Gasteiger partial charge in [0.1, 0.15) is 5.75 Å². The Morgan fingerprint density at radius 3 is 2.64 bits per heavy atom.